The first-order valence-electron chi connectivity index (χ1n) is 9.30. The summed E-state index contributed by atoms with van der Waals surface area (Å²) in [6.45, 7) is 0.343. The van der Waals surface area contributed by atoms with Gasteiger partial charge in [-0.15, -0.1) is 0 Å². The van der Waals surface area contributed by atoms with Crippen LogP contribution < -0.4 is 5.32 Å². The Morgan fingerprint density at radius 1 is 1.14 bits per heavy atom. The summed E-state index contributed by atoms with van der Waals surface area (Å²) in [4.78, 5) is 19.8. The molecule has 0 atom stereocenters. The second-order valence-electron chi connectivity index (χ2n) is 6.91. The molecule has 7 heteroatoms. The smallest absolute Gasteiger partial charge is 0.220 e. The lowest BCUT2D eigenvalue weighted by molar-refractivity contribution is -0.121. The van der Waals surface area contributed by atoms with Crippen LogP contribution in [0.15, 0.2) is 54.9 Å². The Morgan fingerprint density at radius 3 is 2.62 bits per heavy atom. The predicted octanol–water partition coefficient (Wildman–Crippen LogP) is 4.10. The van der Waals surface area contributed by atoms with Crippen molar-refractivity contribution < 1.29 is 13.6 Å². The van der Waals surface area contributed by atoms with E-state index in [1.807, 2.05) is 17.8 Å². The van der Waals surface area contributed by atoms with Gasteiger partial charge < -0.3 is 14.9 Å². The van der Waals surface area contributed by atoms with Gasteiger partial charge in [0.1, 0.15) is 17.5 Å². The van der Waals surface area contributed by atoms with E-state index in [0.29, 0.717) is 13.0 Å². The molecule has 5 nitrogen and oxygen atoms in total. The Kier molecular flexibility index (Phi) is 5.12. The van der Waals surface area contributed by atoms with Gasteiger partial charge in [0.15, 0.2) is 0 Å². The lowest BCUT2D eigenvalue weighted by Gasteiger charge is -2.07. The molecule has 0 saturated carbocycles. The molecular weight excluding hydrogens is 374 g/mol. The number of nitrogens with zero attached hydrogens (tertiary/aromatic N) is 2. The van der Waals surface area contributed by atoms with Gasteiger partial charge in [-0.2, -0.15) is 0 Å². The zero-order chi connectivity index (χ0) is 20.4. The van der Waals surface area contributed by atoms with Gasteiger partial charge in [-0.1, -0.05) is 0 Å². The fraction of sp³-hybridized carbons (Fsp3) is 0.182. The van der Waals surface area contributed by atoms with Crippen LogP contribution in [0.4, 0.5) is 8.78 Å². The molecule has 0 unspecified atom stereocenters. The summed E-state index contributed by atoms with van der Waals surface area (Å²) in [5.41, 5.74) is 3.15. The number of carbonyl (C=O) groups is 1. The highest BCUT2D eigenvalue weighted by Crippen LogP contribution is 2.32. The normalized spacial score (nSPS) is 11.1. The number of fused-ring (bicyclic) bond motifs is 1. The van der Waals surface area contributed by atoms with Crippen molar-refractivity contribution in [1.29, 1.82) is 0 Å². The minimum Gasteiger partial charge on any atom is -0.354 e. The van der Waals surface area contributed by atoms with Crippen molar-refractivity contribution in [2.45, 2.75) is 19.4 Å². The molecule has 2 aromatic carbocycles. The van der Waals surface area contributed by atoms with Gasteiger partial charge in [0.2, 0.25) is 5.91 Å². The molecule has 2 aromatic heterocycles. The van der Waals surface area contributed by atoms with Crippen molar-refractivity contribution in [2.24, 2.45) is 7.05 Å². The van der Waals surface area contributed by atoms with E-state index in [1.54, 1.807) is 24.4 Å². The molecule has 148 valence electrons. The number of aromatic nitrogens is 3. The number of H-pyrrole nitrogens is 1. The van der Waals surface area contributed by atoms with Crippen LogP contribution in [0.25, 0.3) is 22.2 Å². The van der Waals surface area contributed by atoms with Gasteiger partial charge in [0.25, 0.3) is 0 Å². The summed E-state index contributed by atoms with van der Waals surface area (Å²) >= 11 is 0. The monoisotopic (exact) mass is 394 g/mol. The summed E-state index contributed by atoms with van der Waals surface area (Å²) in [6, 6.07) is 10.6. The summed E-state index contributed by atoms with van der Waals surface area (Å²) < 4.78 is 29.0. The van der Waals surface area contributed by atoms with Gasteiger partial charge >= 0.3 is 0 Å². The number of nitrogens with one attached hydrogen (secondary N) is 2. The van der Waals surface area contributed by atoms with Crippen molar-refractivity contribution in [3.63, 3.8) is 0 Å². The average molecular weight is 394 g/mol. The van der Waals surface area contributed by atoms with Crippen LogP contribution in [0.1, 0.15) is 17.8 Å². The standard InChI is InChI=1S/C22H20F2N4O/c1-28-11-10-25-20(28)13-26-21(29)9-7-17-18-12-16(24)6-8-19(18)27-22(17)14-2-4-15(23)5-3-14/h2-6,8,10-12,27H,7,9,13H2,1H3,(H,26,29). The molecule has 2 heterocycles. The van der Waals surface area contributed by atoms with Gasteiger partial charge in [-0.25, -0.2) is 13.8 Å². The molecule has 0 bridgehead atoms. The minimum atomic E-state index is -0.345. The highest BCUT2D eigenvalue weighted by Gasteiger charge is 2.15. The molecule has 0 saturated heterocycles. The van der Waals surface area contributed by atoms with Gasteiger partial charge in [0.05, 0.1) is 6.54 Å². The molecule has 0 aliphatic heterocycles. The minimum absolute atomic E-state index is 0.121. The molecule has 0 fully saturated rings. The zero-order valence-electron chi connectivity index (χ0n) is 15.9. The van der Waals surface area contributed by atoms with E-state index in [9.17, 15) is 13.6 Å². The van der Waals surface area contributed by atoms with E-state index in [2.05, 4.69) is 15.3 Å². The van der Waals surface area contributed by atoms with E-state index in [0.717, 1.165) is 33.5 Å². The van der Waals surface area contributed by atoms with Crippen LogP contribution in [-0.2, 0) is 24.8 Å². The molecule has 1 amide bonds. The quantitative estimate of drug-likeness (QED) is 0.517. The molecule has 0 radical (unpaired) electrons. The zero-order valence-corrected chi connectivity index (χ0v) is 15.9. The van der Waals surface area contributed by atoms with E-state index in [1.165, 1.54) is 24.3 Å². The maximum atomic E-state index is 13.8. The molecule has 4 aromatic rings. The molecule has 4 rings (SSSR count). The topological polar surface area (TPSA) is 62.7 Å². The largest absolute Gasteiger partial charge is 0.354 e. The average Bonchev–Trinajstić information content (AvgIpc) is 3.28. The summed E-state index contributed by atoms with van der Waals surface area (Å²) in [6.07, 6.45) is 4.15. The third kappa shape index (κ3) is 4.03. The highest BCUT2D eigenvalue weighted by atomic mass is 19.1. The number of rotatable bonds is 6. The third-order valence-electron chi connectivity index (χ3n) is 4.97. The van der Waals surface area contributed by atoms with Crippen molar-refractivity contribution >= 4 is 16.8 Å². The van der Waals surface area contributed by atoms with Crippen LogP contribution in [0.2, 0.25) is 0 Å². The molecule has 0 aliphatic rings. The summed E-state index contributed by atoms with van der Waals surface area (Å²) in [7, 11) is 1.87. The Bertz CT molecular complexity index is 1160. The van der Waals surface area contributed by atoms with Crippen LogP contribution in [0.5, 0.6) is 0 Å². The van der Waals surface area contributed by atoms with Crippen LogP contribution >= 0.6 is 0 Å². The van der Waals surface area contributed by atoms with E-state index >= 15 is 0 Å². The number of benzene rings is 2. The molecule has 2 N–H and O–H groups in total. The van der Waals surface area contributed by atoms with E-state index in [-0.39, 0.29) is 24.0 Å². The first kappa shape index (κ1) is 18.9. The number of aromatic amines is 1. The SMILES string of the molecule is Cn1ccnc1CNC(=O)CCc1c(-c2ccc(F)cc2)[nH]c2ccc(F)cc12. The third-order valence-corrected chi connectivity index (χ3v) is 4.97. The number of halogens is 2. The highest BCUT2D eigenvalue weighted by molar-refractivity contribution is 5.91. The van der Waals surface area contributed by atoms with Crippen LogP contribution in [0, 0.1) is 11.6 Å². The number of aryl methyl sites for hydroxylation is 2. The number of hydrogen-bond acceptors (Lipinski definition) is 2. The summed E-state index contributed by atoms with van der Waals surface area (Å²) in [5.74, 6) is -0.0305. The van der Waals surface area contributed by atoms with Crippen LogP contribution in [0.3, 0.4) is 0 Å². The van der Waals surface area contributed by atoms with Crippen molar-refractivity contribution in [3.8, 4) is 11.3 Å². The maximum Gasteiger partial charge on any atom is 0.220 e. The lowest BCUT2D eigenvalue weighted by atomic mass is 10.0. The fourth-order valence-corrected chi connectivity index (χ4v) is 3.41. The lowest BCUT2D eigenvalue weighted by Crippen LogP contribution is -2.24. The van der Waals surface area contributed by atoms with Crippen molar-refractivity contribution in [1.82, 2.24) is 19.9 Å². The molecule has 29 heavy (non-hydrogen) atoms. The first-order chi connectivity index (χ1) is 14.0. The van der Waals surface area contributed by atoms with Crippen molar-refractivity contribution in [3.05, 3.63) is 77.9 Å². The fourth-order valence-electron chi connectivity index (χ4n) is 3.41. The Balaban J connectivity index is 1.57. The second kappa shape index (κ2) is 7.87. The number of imidazole rings is 1. The predicted molar refractivity (Wildman–Crippen MR) is 107 cm³/mol. The van der Waals surface area contributed by atoms with E-state index < -0.39 is 0 Å². The van der Waals surface area contributed by atoms with Crippen molar-refractivity contribution in [2.75, 3.05) is 0 Å². The number of carbonyl (C=O) groups excluding carboxylic acids is 1. The molecular formula is C22H20F2N4O. The van der Waals surface area contributed by atoms with Crippen LogP contribution in [-0.4, -0.2) is 20.4 Å². The Labute approximate surface area is 166 Å². The van der Waals surface area contributed by atoms with Gasteiger partial charge in [-0.05, 0) is 60.0 Å². The maximum absolute atomic E-state index is 13.8. The Hall–Kier alpha value is -3.48. The summed E-state index contributed by atoms with van der Waals surface area (Å²) in [5, 5.41) is 3.58. The first-order valence-corrected chi connectivity index (χ1v) is 9.30. The molecule has 0 aliphatic carbocycles. The van der Waals surface area contributed by atoms with Gasteiger partial charge in [0, 0.05) is 42.5 Å². The van der Waals surface area contributed by atoms with E-state index in [4.69, 9.17) is 0 Å². The number of amides is 1. The molecule has 0 spiro atoms. The Morgan fingerprint density at radius 2 is 1.90 bits per heavy atom. The number of hydrogen-bond donors (Lipinski definition) is 2. The second-order valence-corrected chi connectivity index (χ2v) is 6.91. The van der Waals surface area contributed by atoms with Gasteiger partial charge in [-0.3, -0.25) is 4.79 Å².